The molecule has 2 atom stereocenters. The van der Waals surface area contributed by atoms with Gasteiger partial charge in [0.1, 0.15) is 8.07 Å². The summed E-state index contributed by atoms with van der Waals surface area (Å²) in [5, 5.41) is 10.5. The molecule has 0 radical (unpaired) electrons. The van der Waals surface area contributed by atoms with Crippen LogP contribution in [-0.2, 0) is 0 Å². The molecule has 3 aliphatic heterocycles. The van der Waals surface area contributed by atoms with E-state index in [-0.39, 0.29) is 0 Å². The van der Waals surface area contributed by atoms with E-state index in [1.54, 1.807) is 20.2 Å². The van der Waals surface area contributed by atoms with Crippen molar-refractivity contribution in [2.75, 3.05) is 0 Å². The van der Waals surface area contributed by atoms with Crippen molar-refractivity contribution in [3.8, 4) is 10.4 Å². The van der Waals surface area contributed by atoms with Gasteiger partial charge in [0.05, 0.1) is 9.81 Å². The molecular weight excluding hydrogens is 380 g/mol. The van der Waals surface area contributed by atoms with Gasteiger partial charge in [0, 0.05) is 0 Å². The SMILES string of the molecule is CCCCC(CC)C[Si]1(CC(CC)CCCC)C2=CC#SC2=C2S#CC=C21. The first-order valence-electron chi connectivity index (χ1n) is 11.2. The molecule has 3 rings (SSSR count). The fraction of sp³-hybridized carbons (Fsp3) is 0.667. The predicted octanol–water partition coefficient (Wildman–Crippen LogP) is 8.44. The van der Waals surface area contributed by atoms with Crippen LogP contribution in [0.5, 0.6) is 0 Å². The monoisotopic (exact) mass is 416 g/mol. The van der Waals surface area contributed by atoms with Gasteiger partial charge in [0.25, 0.3) is 0 Å². The number of fused-ring (bicyclic) bond motifs is 2. The molecule has 0 aromatic rings. The average Bonchev–Trinajstić information content (AvgIpc) is 3.39. The average molecular weight is 417 g/mol. The molecule has 0 saturated carbocycles. The lowest BCUT2D eigenvalue weighted by Crippen LogP contribution is -2.41. The Morgan fingerprint density at radius 3 is 1.59 bits per heavy atom. The number of rotatable bonds is 12. The van der Waals surface area contributed by atoms with E-state index in [1.807, 2.05) is 22.3 Å². The lowest BCUT2D eigenvalue weighted by Gasteiger charge is -2.36. The largest absolute Gasteiger partial charge is 0.124 e. The van der Waals surface area contributed by atoms with Gasteiger partial charge >= 0.3 is 0 Å². The summed E-state index contributed by atoms with van der Waals surface area (Å²) >= 11 is 3.73. The summed E-state index contributed by atoms with van der Waals surface area (Å²) in [4.78, 5) is 3.14. The topological polar surface area (TPSA) is 0 Å². The summed E-state index contributed by atoms with van der Waals surface area (Å²) in [6.07, 6.45) is 15.8. The Balaban J connectivity index is 1.94. The fourth-order valence-electron chi connectivity index (χ4n) is 5.12. The first-order valence-corrected chi connectivity index (χ1v) is 15.3. The minimum absolute atomic E-state index is 0.888. The van der Waals surface area contributed by atoms with Crippen molar-refractivity contribution in [2.24, 2.45) is 11.8 Å². The zero-order valence-corrected chi connectivity index (χ0v) is 20.3. The van der Waals surface area contributed by atoms with Crippen molar-refractivity contribution in [1.82, 2.24) is 0 Å². The Labute approximate surface area is 175 Å². The molecule has 3 heterocycles. The summed E-state index contributed by atoms with van der Waals surface area (Å²) in [6.45, 7) is 9.52. The molecule has 27 heavy (non-hydrogen) atoms. The predicted molar refractivity (Wildman–Crippen MR) is 128 cm³/mol. The lowest BCUT2D eigenvalue weighted by atomic mass is 10.0. The second-order valence-corrected chi connectivity index (χ2v) is 14.3. The molecule has 0 spiro atoms. The van der Waals surface area contributed by atoms with Crippen molar-refractivity contribution < 1.29 is 0 Å². The van der Waals surface area contributed by atoms with Crippen LogP contribution in [0.25, 0.3) is 0 Å². The van der Waals surface area contributed by atoms with Crippen LogP contribution in [0.1, 0.15) is 79.1 Å². The lowest BCUT2D eigenvalue weighted by molar-refractivity contribution is 0.467. The van der Waals surface area contributed by atoms with Crippen molar-refractivity contribution >= 4 is 30.4 Å². The van der Waals surface area contributed by atoms with Crippen LogP contribution in [0.2, 0.25) is 12.1 Å². The minimum Gasteiger partial charge on any atom is -0.0916 e. The molecule has 0 N–H and O–H groups in total. The van der Waals surface area contributed by atoms with Crippen molar-refractivity contribution in [1.29, 1.82) is 0 Å². The number of hydrogen-bond acceptors (Lipinski definition) is 0. The zero-order valence-electron chi connectivity index (χ0n) is 17.7. The van der Waals surface area contributed by atoms with Crippen LogP contribution in [-0.4, -0.2) is 8.07 Å². The highest BCUT2D eigenvalue weighted by atomic mass is 32.1. The van der Waals surface area contributed by atoms with Gasteiger partial charge in [-0.25, -0.2) is 0 Å². The van der Waals surface area contributed by atoms with Crippen LogP contribution in [0.15, 0.2) is 32.4 Å². The summed E-state index contributed by atoms with van der Waals surface area (Å²) in [5.74, 6) is 1.78. The maximum Gasteiger partial charge on any atom is 0.124 e. The van der Waals surface area contributed by atoms with Crippen LogP contribution in [0.3, 0.4) is 0 Å². The third kappa shape index (κ3) is 4.24. The molecule has 2 unspecified atom stereocenters. The molecule has 3 aliphatic rings. The minimum atomic E-state index is -1.68. The molecule has 0 aromatic carbocycles. The second kappa shape index (κ2) is 9.77. The van der Waals surface area contributed by atoms with Crippen LogP contribution >= 0.6 is 22.3 Å². The molecule has 0 aliphatic carbocycles. The van der Waals surface area contributed by atoms with E-state index < -0.39 is 8.07 Å². The summed E-state index contributed by atoms with van der Waals surface area (Å²) in [7, 11) is -1.68. The smallest absolute Gasteiger partial charge is 0.0916 e. The van der Waals surface area contributed by atoms with Crippen molar-refractivity contribution in [2.45, 2.75) is 91.1 Å². The standard InChI is InChI=1S/C24H36S2Si/c1-5-9-11-19(7-3)17-27(18-20(8-4)12-10-6-2)21-13-15-25-23(21)24-22(27)14-16-26-24/h13-14,19-20H,5-12,17-18H2,1-4H3. The summed E-state index contributed by atoms with van der Waals surface area (Å²) in [5.41, 5.74) is 0. The Hall–Kier alpha value is -0.563. The highest BCUT2D eigenvalue weighted by Gasteiger charge is 2.51. The van der Waals surface area contributed by atoms with Crippen LogP contribution in [0, 0.1) is 22.2 Å². The normalized spacial score (nSPS) is 20.7. The number of hydrogen-bond donors (Lipinski definition) is 0. The highest BCUT2D eigenvalue weighted by Crippen LogP contribution is 2.56. The zero-order chi connectivity index (χ0) is 19.3. The molecule has 0 nitrogen and oxygen atoms in total. The molecule has 148 valence electrons. The first kappa shape index (κ1) is 21.2. The third-order valence-corrected chi connectivity index (χ3v) is 14.4. The molecule has 0 aromatic heterocycles. The van der Waals surface area contributed by atoms with Gasteiger partial charge in [-0.05, 0) is 46.5 Å². The fourth-order valence-corrected chi connectivity index (χ4v) is 14.7. The Kier molecular flexibility index (Phi) is 7.65. The van der Waals surface area contributed by atoms with E-state index in [0.717, 1.165) is 11.8 Å². The second-order valence-electron chi connectivity index (χ2n) is 8.54. The van der Waals surface area contributed by atoms with E-state index in [9.17, 15) is 0 Å². The molecule has 0 bridgehead atoms. The molecule has 0 amide bonds. The van der Waals surface area contributed by atoms with Gasteiger partial charge in [0.2, 0.25) is 0 Å². The number of allylic oxidation sites excluding steroid dienone is 4. The summed E-state index contributed by atoms with van der Waals surface area (Å²) in [6, 6.07) is 2.92. The van der Waals surface area contributed by atoms with E-state index in [4.69, 9.17) is 0 Å². The van der Waals surface area contributed by atoms with Crippen LogP contribution in [0.4, 0.5) is 0 Å². The van der Waals surface area contributed by atoms with Gasteiger partial charge in [-0.1, -0.05) is 112 Å². The Bertz CT molecular complexity index is 713. The van der Waals surface area contributed by atoms with E-state index in [0.29, 0.717) is 0 Å². The Morgan fingerprint density at radius 1 is 0.778 bits per heavy atom. The van der Waals surface area contributed by atoms with E-state index in [1.165, 1.54) is 63.5 Å². The highest BCUT2D eigenvalue weighted by molar-refractivity contribution is 7.98. The van der Waals surface area contributed by atoms with Crippen LogP contribution < -0.4 is 0 Å². The molecule has 0 fully saturated rings. The molecule has 3 heteroatoms. The van der Waals surface area contributed by atoms with Gasteiger partial charge in [-0.3, -0.25) is 0 Å². The van der Waals surface area contributed by atoms with Gasteiger partial charge in [0.15, 0.2) is 0 Å². The van der Waals surface area contributed by atoms with E-state index >= 15 is 0 Å². The maximum absolute atomic E-state index is 3.52. The maximum atomic E-state index is 3.52. The van der Waals surface area contributed by atoms with Gasteiger partial charge in [-0.2, -0.15) is 0 Å². The number of unbranched alkanes of at least 4 members (excludes halogenated alkanes) is 2. The molecular formula is C24H36S2Si. The van der Waals surface area contributed by atoms with Crippen molar-refractivity contribution in [3.05, 3.63) is 32.4 Å². The van der Waals surface area contributed by atoms with Crippen molar-refractivity contribution in [3.63, 3.8) is 0 Å². The molecule has 0 saturated heterocycles. The van der Waals surface area contributed by atoms with Gasteiger partial charge < -0.3 is 0 Å². The Morgan fingerprint density at radius 2 is 1.22 bits per heavy atom. The quantitative estimate of drug-likeness (QED) is 0.280. The first-order chi connectivity index (χ1) is 13.2. The van der Waals surface area contributed by atoms with Gasteiger partial charge in [-0.15, -0.1) is 0 Å². The van der Waals surface area contributed by atoms with E-state index in [2.05, 4.69) is 50.2 Å². The summed E-state index contributed by atoms with van der Waals surface area (Å²) < 4.78 is 0. The third-order valence-electron chi connectivity index (χ3n) is 6.82.